The van der Waals surface area contributed by atoms with Crippen LogP contribution in [-0.4, -0.2) is 43.1 Å². The predicted octanol–water partition coefficient (Wildman–Crippen LogP) is 4.33. The van der Waals surface area contributed by atoms with Crippen molar-refractivity contribution < 1.29 is 9.63 Å². The average molecular weight is 478 g/mol. The molecule has 1 saturated heterocycles. The van der Waals surface area contributed by atoms with Gasteiger partial charge in [0.15, 0.2) is 0 Å². The molecular weight excluding hydrogens is 445 g/mol. The maximum Gasteiger partial charge on any atom is 0.267 e. The summed E-state index contributed by atoms with van der Waals surface area (Å²) in [6.07, 6.45) is 6.97. The standard InChI is InChI=1S/C25H31N3O2.2ClH/c1-30-27-25(29)12-11-19-7-9-20(10-8-19)18-28-15-13-22(14-16-28)26-24-17-23(24)21-5-3-2-4-6-21;;/h2-12,22-24,26H,13-18H2,1H3,(H,27,29);2*1H. The Morgan fingerprint density at radius 3 is 2.41 bits per heavy atom. The third kappa shape index (κ3) is 7.61. The second kappa shape index (κ2) is 13.0. The van der Waals surface area contributed by atoms with E-state index >= 15 is 0 Å². The summed E-state index contributed by atoms with van der Waals surface area (Å²) in [4.78, 5) is 18.5. The molecule has 2 unspecified atom stereocenters. The third-order valence-corrected chi connectivity index (χ3v) is 6.07. The molecule has 5 nitrogen and oxygen atoms in total. The lowest BCUT2D eigenvalue weighted by molar-refractivity contribution is -0.126. The number of likely N-dealkylation sites (tertiary alicyclic amines) is 1. The minimum Gasteiger partial charge on any atom is -0.311 e. The SMILES string of the molecule is CONC(=O)C=Cc1ccc(CN2CCC(NC3CC3c3ccccc3)CC2)cc1.Cl.Cl. The number of rotatable bonds is 8. The summed E-state index contributed by atoms with van der Waals surface area (Å²) in [6, 6.07) is 20.6. The highest BCUT2D eigenvalue weighted by Crippen LogP contribution is 2.41. The number of benzene rings is 2. The van der Waals surface area contributed by atoms with Gasteiger partial charge in [-0.2, -0.15) is 0 Å². The van der Waals surface area contributed by atoms with E-state index in [2.05, 4.69) is 75.1 Å². The molecular formula is C25H33Cl2N3O2. The van der Waals surface area contributed by atoms with Crippen LogP contribution in [0.2, 0.25) is 0 Å². The first kappa shape index (κ1) is 26.4. The van der Waals surface area contributed by atoms with Crippen LogP contribution in [0.1, 0.15) is 41.9 Å². The van der Waals surface area contributed by atoms with Crippen LogP contribution in [-0.2, 0) is 16.2 Å². The van der Waals surface area contributed by atoms with Gasteiger partial charge in [0, 0.05) is 30.6 Å². The van der Waals surface area contributed by atoms with Gasteiger partial charge in [-0.05, 0) is 55.1 Å². The lowest BCUT2D eigenvalue weighted by Gasteiger charge is -2.32. The molecule has 7 heteroatoms. The van der Waals surface area contributed by atoms with E-state index in [1.54, 1.807) is 6.08 Å². The first-order chi connectivity index (χ1) is 14.7. The van der Waals surface area contributed by atoms with Gasteiger partial charge >= 0.3 is 0 Å². The van der Waals surface area contributed by atoms with Crippen molar-refractivity contribution in [2.75, 3.05) is 20.2 Å². The predicted molar refractivity (Wildman–Crippen MR) is 134 cm³/mol. The summed E-state index contributed by atoms with van der Waals surface area (Å²) in [5.74, 6) is 0.441. The van der Waals surface area contributed by atoms with Crippen molar-refractivity contribution in [1.82, 2.24) is 15.7 Å². The molecule has 0 bridgehead atoms. The number of halogens is 2. The number of carbonyl (C=O) groups excluding carboxylic acids is 1. The number of nitrogens with one attached hydrogen (secondary N) is 2. The lowest BCUT2D eigenvalue weighted by Crippen LogP contribution is -2.43. The summed E-state index contributed by atoms with van der Waals surface area (Å²) in [6.45, 7) is 3.26. The third-order valence-electron chi connectivity index (χ3n) is 6.07. The highest BCUT2D eigenvalue weighted by atomic mass is 35.5. The zero-order valence-electron chi connectivity index (χ0n) is 18.4. The van der Waals surface area contributed by atoms with Crippen molar-refractivity contribution in [3.05, 3.63) is 77.4 Å². The summed E-state index contributed by atoms with van der Waals surface area (Å²) in [5.41, 5.74) is 6.07. The highest BCUT2D eigenvalue weighted by Gasteiger charge is 2.39. The number of hydrogen-bond acceptors (Lipinski definition) is 4. The number of nitrogens with zero attached hydrogens (tertiary/aromatic N) is 1. The first-order valence-corrected chi connectivity index (χ1v) is 10.8. The van der Waals surface area contributed by atoms with Gasteiger partial charge in [0.25, 0.3) is 5.91 Å². The van der Waals surface area contributed by atoms with E-state index in [1.807, 2.05) is 0 Å². The van der Waals surface area contributed by atoms with E-state index in [0.29, 0.717) is 18.0 Å². The molecule has 2 fully saturated rings. The van der Waals surface area contributed by atoms with Gasteiger partial charge in [0.05, 0.1) is 7.11 Å². The highest BCUT2D eigenvalue weighted by molar-refractivity contribution is 5.90. The Labute approximate surface area is 203 Å². The Morgan fingerprint density at radius 1 is 1.06 bits per heavy atom. The van der Waals surface area contributed by atoms with Gasteiger partial charge in [-0.15, -0.1) is 24.8 Å². The van der Waals surface area contributed by atoms with Crippen LogP contribution >= 0.6 is 24.8 Å². The topological polar surface area (TPSA) is 53.6 Å². The molecule has 174 valence electrons. The van der Waals surface area contributed by atoms with E-state index in [-0.39, 0.29) is 30.7 Å². The van der Waals surface area contributed by atoms with Crippen LogP contribution in [0, 0.1) is 0 Å². The quantitative estimate of drug-likeness (QED) is 0.438. The van der Waals surface area contributed by atoms with Gasteiger partial charge in [-0.25, -0.2) is 5.48 Å². The fourth-order valence-corrected chi connectivity index (χ4v) is 4.31. The Kier molecular flexibility index (Phi) is 10.7. The molecule has 2 aliphatic rings. The van der Waals surface area contributed by atoms with Crippen molar-refractivity contribution >= 4 is 36.8 Å². The van der Waals surface area contributed by atoms with E-state index in [4.69, 9.17) is 0 Å². The van der Waals surface area contributed by atoms with Gasteiger partial charge in [0.2, 0.25) is 0 Å². The van der Waals surface area contributed by atoms with Gasteiger partial charge in [-0.3, -0.25) is 14.5 Å². The zero-order chi connectivity index (χ0) is 20.8. The molecule has 32 heavy (non-hydrogen) atoms. The molecule has 0 radical (unpaired) electrons. The van der Waals surface area contributed by atoms with E-state index in [9.17, 15) is 4.79 Å². The average Bonchev–Trinajstić information content (AvgIpc) is 3.55. The molecule has 2 atom stereocenters. The van der Waals surface area contributed by atoms with E-state index in [1.165, 1.54) is 43.6 Å². The summed E-state index contributed by atoms with van der Waals surface area (Å²) in [5, 5.41) is 3.89. The molecule has 1 aliphatic carbocycles. The van der Waals surface area contributed by atoms with Crippen LogP contribution in [0.5, 0.6) is 0 Å². The maximum absolute atomic E-state index is 11.4. The normalized spacial score (nSPS) is 20.9. The lowest BCUT2D eigenvalue weighted by atomic mass is 10.0. The second-order valence-corrected chi connectivity index (χ2v) is 8.32. The zero-order valence-corrected chi connectivity index (χ0v) is 20.0. The largest absolute Gasteiger partial charge is 0.311 e. The Balaban J connectivity index is 0.00000181. The molecule has 0 spiro atoms. The molecule has 1 amide bonds. The van der Waals surface area contributed by atoms with Crippen molar-refractivity contribution in [2.24, 2.45) is 0 Å². The molecule has 0 aromatic heterocycles. The smallest absolute Gasteiger partial charge is 0.267 e. The van der Waals surface area contributed by atoms with Gasteiger partial charge in [0.1, 0.15) is 0 Å². The van der Waals surface area contributed by atoms with Crippen LogP contribution in [0.25, 0.3) is 6.08 Å². The van der Waals surface area contributed by atoms with Crippen molar-refractivity contribution in [3.63, 3.8) is 0 Å². The second-order valence-electron chi connectivity index (χ2n) is 8.32. The van der Waals surface area contributed by atoms with Crippen molar-refractivity contribution in [3.8, 4) is 0 Å². The van der Waals surface area contributed by atoms with Crippen LogP contribution in [0.4, 0.5) is 0 Å². The first-order valence-electron chi connectivity index (χ1n) is 10.8. The van der Waals surface area contributed by atoms with Gasteiger partial charge < -0.3 is 5.32 Å². The minimum atomic E-state index is -0.264. The number of hydrogen-bond donors (Lipinski definition) is 2. The van der Waals surface area contributed by atoms with Crippen molar-refractivity contribution in [1.29, 1.82) is 0 Å². The molecule has 2 aromatic rings. The molecule has 1 aliphatic heterocycles. The van der Waals surface area contributed by atoms with Crippen LogP contribution in [0.3, 0.4) is 0 Å². The Morgan fingerprint density at radius 2 is 1.75 bits per heavy atom. The summed E-state index contributed by atoms with van der Waals surface area (Å²) >= 11 is 0. The Hall–Kier alpha value is -1.89. The molecule has 1 saturated carbocycles. The van der Waals surface area contributed by atoms with Crippen molar-refractivity contribution in [2.45, 2.75) is 43.8 Å². The summed E-state index contributed by atoms with van der Waals surface area (Å²) in [7, 11) is 1.42. The van der Waals surface area contributed by atoms with Crippen LogP contribution in [0.15, 0.2) is 60.7 Å². The fraction of sp³-hybridized carbons (Fsp3) is 0.400. The fourth-order valence-electron chi connectivity index (χ4n) is 4.31. The molecule has 4 rings (SSSR count). The Bertz CT molecular complexity index is 853. The minimum absolute atomic E-state index is 0. The number of amides is 1. The number of hydroxylamine groups is 1. The monoisotopic (exact) mass is 477 g/mol. The maximum atomic E-state index is 11.4. The van der Waals surface area contributed by atoms with Crippen LogP contribution < -0.4 is 10.8 Å². The summed E-state index contributed by atoms with van der Waals surface area (Å²) < 4.78 is 0. The molecule has 2 aromatic carbocycles. The van der Waals surface area contributed by atoms with E-state index < -0.39 is 0 Å². The number of carbonyl (C=O) groups is 1. The molecule has 1 heterocycles. The van der Waals surface area contributed by atoms with Gasteiger partial charge in [-0.1, -0.05) is 54.6 Å². The molecule has 2 N–H and O–H groups in total. The van der Waals surface area contributed by atoms with E-state index in [0.717, 1.165) is 25.2 Å². The number of piperidine rings is 1.